The maximum absolute atomic E-state index is 12.1. The van der Waals surface area contributed by atoms with Gasteiger partial charge in [0.1, 0.15) is 5.69 Å². The van der Waals surface area contributed by atoms with Crippen molar-refractivity contribution < 1.29 is 9.21 Å². The molecular formula is C18H17N3O2. The fraction of sp³-hybridized carbons (Fsp3) is 0.222. The second-order valence-corrected chi connectivity index (χ2v) is 5.20. The summed E-state index contributed by atoms with van der Waals surface area (Å²) in [7, 11) is 0. The van der Waals surface area contributed by atoms with Crippen molar-refractivity contribution in [2.24, 2.45) is 0 Å². The predicted molar refractivity (Wildman–Crippen MR) is 85.9 cm³/mol. The average Bonchev–Trinajstić information content (AvgIpc) is 3.10. The van der Waals surface area contributed by atoms with Crippen LogP contribution in [0, 0.1) is 0 Å². The van der Waals surface area contributed by atoms with Gasteiger partial charge in [0.2, 0.25) is 5.78 Å². The van der Waals surface area contributed by atoms with Crippen molar-refractivity contribution in [1.82, 2.24) is 15.0 Å². The molecule has 0 aliphatic carbocycles. The summed E-state index contributed by atoms with van der Waals surface area (Å²) >= 11 is 0. The number of aromatic nitrogens is 3. The van der Waals surface area contributed by atoms with Gasteiger partial charge in [-0.2, -0.15) is 0 Å². The zero-order valence-corrected chi connectivity index (χ0v) is 12.7. The Balaban J connectivity index is 1.50. The van der Waals surface area contributed by atoms with Crippen LogP contribution in [0.2, 0.25) is 0 Å². The third-order valence-corrected chi connectivity index (χ3v) is 3.47. The van der Waals surface area contributed by atoms with Crippen molar-refractivity contribution in [1.29, 1.82) is 0 Å². The van der Waals surface area contributed by atoms with E-state index in [2.05, 4.69) is 15.0 Å². The van der Waals surface area contributed by atoms with Crippen LogP contribution in [0.3, 0.4) is 0 Å². The molecule has 5 heteroatoms. The monoisotopic (exact) mass is 307 g/mol. The first-order valence-corrected chi connectivity index (χ1v) is 7.63. The maximum Gasteiger partial charge on any atom is 0.263 e. The number of aryl methyl sites for hydroxylation is 1. The summed E-state index contributed by atoms with van der Waals surface area (Å²) in [6.07, 6.45) is 8.01. The molecule has 0 atom stereocenters. The predicted octanol–water partition coefficient (Wildman–Crippen LogP) is 3.73. The smallest absolute Gasteiger partial charge is 0.263 e. The van der Waals surface area contributed by atoms with Crippen molar-refractivity contribution in [3.8, 4) is 11.5 Å². The molecule has 116 valence electrons. The van der Waals surface area contributed by atoms with Crippen LogP contribution in [0.15, 0.2) is 59.4 Å². The Morgan fingerprint density at radius 3 is 2.52 bits per heavy atom. The lowest BCUT2D eigenvalue weighted by atomic mass is 10.1. The SMILES string of the molecule is O=C(CCCCc1ccccn1)c1ncc(-c2ccccn2)o1. The number of Topliss-reactive ketones (excluding diaryl/α,β-unsaturated/α-hetero) is 1. The molecule has 5 nitrogen and oxygen atoms in total. The van der Waals surface area contributed by atoms with Crippen molar-refractivity contribution in [3.05, 3.63) is 66.6 Å². The fourth-order valence-corrected chi connectivity index (χ4v) is 2.27. The van der Waals surface area contributed by atoms with Gasteiger partial charge in [-0.05, 0) is 43.5 Å². The Hall–Kier alpha value is -2.82. The number of unbranched alkanes of at least 4 members (excludes halogenated alkanes) is 1. The van der Waals surface area contributed by atoms with Gasteiger partial charge in [0, 0.05) is 24.5 Å². The molecule has 0 N–H and O–H groups in total. The number of ketones is 1. The largest absolute Gasteiger partial charge is 0.432 e. The summed E-state index contributed by atoms with van der Waals surface area (Å²) < 4.78 is 5.51. The lowest BCUT2D eigenvalue weighted by Crippen LogP contribution is -1.99. The Bertz CT molecular complexity index is 754. The number of carbonyl (C=O) groups is 1. The molecule has 0 aliphatic heterocycles. The van der Waals surface area contributed by atoms with E-state index in [0.717, 1.165) is 25.0 Å². The summed E-state index contributed by atoms with van der Waals surface area (Å²) in [4.78, 5) is 24.6. The summed E-state index contributed by atoms with van der Waals surface area (Å²) in [6, 6.07) is 11.4. The first kappa shape index (κ1) is 15.1. The zero-order chi connectivity index (χ0) is 15.9. The van der Waals surface area contributed by atoms with Gasteiger partial charge in [-0.3, -0.25) is 14.8 Å². The van der Waals surface area contributed by atoms with Gasteiger partial charge < -0.3 is 4.42 Å². The van der Waals surface area contributed by atoms with Gasteiger partial charge in [0.15, 0.2) is 5.76 Å². The van der Waals surface area contributed by atoms with Gasteiger partial charge in [-0.15, -0.1) is 0 Å². The van der Waals surface area contributed by atoms with E-state index in [1.165, 1.54) is 0 Å². The maximum atomic E-state index is 12.1. The number of nitrogens with zero attached hydrogens (tertiary/aromatic N) is 3. The normalized spacial score (nSPS) is 10.6. The minimum absolute atomic E-state index is 0.0757. The molecule has 23 heavy (non-hydrogen) atoms. The first-order chi connectivity index (χ1) is 11.3. The highest BCUT2D eigenvalue weighted by Gasteiger charge is 2.14. The number of pyridine rings is 2. The van der Waals surface area contributed by atoms with Crippen molar-refractivity contribution >= 4 is 5.78 Å². The van der Waals surface area contributed by atoms with Crippen LogP contribution >= 0.6 is 0 Å². The summed E-state index contributed by atoms with van der Waals surface area (Å²) in [6.45, 7) is 0. The number of rotatable bonds is 7. The minimum Gasteiger partial charge on any atom is -0.432 e. The summed E-state index contributed by atoms with van der Waals surface area (Å²) in [5.74, 6) is 0.596. The van der Waals surface area contributed by atoms with Crippen LogP contribution in [-0.2, 0) is 6.42 Å². The number of oxazole rings is 1. The molecule has 0 saturated carbocycles. The summed E-state index contributed by atoms with van der Waals surface area (Å²) in [5.41, 5.74) is 1.72. The second kappa shape index (κ2) is 7.45. The second-order valence-electron chi connectivity index (χ2n) is 5.20. The van der Waals surface area contributed by atoms with E-state index in [-0.39, 0.29) is 11.7 Å². The van der Waals surface area contributed by atoms with E-state index < -0.39 is 0 Å². The van der Waals surface area contributed by atoms with Crippen LogP contribution in [0.5, 0.6) is 0 Å². The Morgan fingerprint density at radius 2 is 1.78 bits per heavy atom. The van der Waals surface area contributed by atoms with E-state index in [1.807, 2.05) is 36.4 Å². The lowest BCUT2D eigenvalue weighted by molar-refractivity contribution is 0.0946. The van der Waals surface area contributed by atoms with Gasteiger partial charge in [-0.25, -0.2) is 4.98 Å². The molecule has 3 aromatic rings. The van der Waals surface area contributed by atoms with E-state index in [0.29, 0.717) is 17.9 Å². The third kappa shape index (κ3) is 4.10. The summed E-state index contributed by atoms with van der Waals surface area (Å²) in [5, 5.41) is 0. The van der Waals surface area contributed by atoms with Gasteiger partial charge in [0.05, 0.1) is 6.20 Å². The van der Waals surface area contributed by atoms with Gasteiger partial charge >= 0.3 is 0 Å². The molecule has 3 heterocycles. The fourth-order valence-electron chi connectivity index (χ4n) is 2.27. The molecule has 0 spiro atoms. The van der Waals surface area contributed by atoms with Crippen LogP contribution in [0.25, 0.3) is 11.5 Å². The van der Waals surface area contributed by atoms with Crippen LogP contribution < -0.4 is 0 Å². The van der Waals surface area contributed by atoms with E-state index in [9.17, 15) is 4.79 Å². The molecule has 3 rings (SSSR count). The molecule has 0 fully saturated rings. The quantitative estimate of drug-likeness (QED) is 0.491. The number of carbonyl (C=O) groups excluding carboxylic acids is 1. The highest BCUT2D eigenvalue weighted by atomic mass is 16.4. The Morgan fingerprint density at radius 1 is 0.957 bits per heavy atom. The Labute approximate surface area is 134 Å². The van der Waals surface area contributed by atoms with Crippen LogP contribution in [0.1, 0.15) is 35.6 Å². The zero-order valence-electron chi connectivity index (χ0n) is 12.7. The van der Waals surface area contributed by atoms with E-state index in [1.54, 1.807) is 18.6 Å². The molecule has 0 bridgehead atoms. The van der Waals surface area contributed by atoms with E-state index >= 15 is 0 Å². The van der Waals surface area contributed by atoms with Crippen molar-refractivity contribution in [2.75, 3.05) is 0 Å². The van der Waals surface area contributed by atoms with Crippen LogP contribution in [0.4, 0.5) is 0 Å². The molecule has 0 unspecified atom stereocenters. The average molecular weight is 307 g/mol. The highest BCUT2D eigenvalue weighted by Crippen LogP contribution is 2.18. The topological polar surface area (TPSA) is 68.9 Å². The van der Waals surface area contributed by atoms with Gasteiger partial charge in [0.25, 0.3) is 5.89 Å². The molecule has 0 amide bonds. The Kier molecular flexibility index (Phi) is 4.88. The van der Waals surface area contributed by atoms with Crippen LogP contribution in [-0.4, -0.2) is 20.7 Å². The number of hydrogen-bond acceptors (Lipinski definition) is 5. The standard InChI is InChI=1S/C18H17N3O2/c22-16(10-2-1-7-14-8-3-5-11-19-14)18-21-13-17(23-18)15-9-4-6-12-20-15/h3-6,8-9,11-13H,1-2,7,10H2. The molecule has 0 radical (unpaired) electrons. The molecular weight excluding hydrogens is 290 g/mol. The molecule has 0 saturated heterocycles. The number of hydrogen-bond donors (Lipinski definition) is 0. The minimum atomic E-state index is -0.0757. The van der Waals surface area contributed by atoms with E-state index in [4.69, 9.17) is 4.42 Å². The molecule has 0 aliphatic rings. The molecule has 0 aromatic carbocycles. The molecule has 3 aromatic heterocycles. The van der Waals surface area contributed by atoms with Crippen molar-refractivity contribution in [3.63, 3.8) is 0 Å². The highest BCUT2D eigenvalue weighted by molar-refractivity contribution is 5.91. The third-order valence-electron chi connectivity index (χ3n) is 3.47. The van der Waals surface area contributed by atoms with Crippen molar-refractivity contribution in [2.45, 2.75) is 25.7 Å². The lowest BCUT2D eigenvalue weighted by Gasteiger charge is -1.99. The first-order valence-electron chi connectivity index (χ1n) is 7.63. The van der Waals surface area contributed by atoms with Gasteiger partial charge in [-0.1, -0.05) is 12.1 Å².